The molecule has 2 amide bonds. The highest BCUT2D eigenvalue weighted by Crippen LogP contribution is 2.22. The number of H-pyrrole nitrogens is 1. The van der Waals surface area contributed by atoms with Crippen LogP contribution in [0.5, 0.6) is 0 Å². The number of rotatable bonds is 2. The first kappa shape index (κ1) is 13.7. The van der Waals surface area contributed by atoms with Crippen molar-refractivity contribution in [2.45, 2.75) is 6.54 Å². The minimum atomic E-state index is -1.06. The molecule has 2 N–H and O–H groups in total. The fourth-order valence-corrected chi connectivity index (χ4v) is 2.62. The van der Waals surface area contributed by atoms with Gasteiger partial charge in [0.1, 0.15) is 11.7 Å². The van der Waals surface area contributed by atoms with Crippen LogP contribution in [0.25, 0.3) is 10.9 Å². The quantitative estimate of drug-likeness (QED) is 0.824. The van der Waals surface area contributed by atoms with Crippen molar-refractivity contribution >= 4 is 34.5 Å². The molecule has 1 fully saturated rings. The molecule has 0 radical (unpaired) electrons. The number of amides is 2. The van der Waals surface area contributed by atoms with Gasteiger partial charge in [0.25, 0.3) is 0 Å². The molecule has 0 aromatic carbocycles. The lowest BCUT2D eigenvalue weighted by Crippen LogP contribution is -2.51. The van der Waals surface area contributed by atoms with Gasteiger partial charge < -0.3 is 15.0 Å². The molecule has 0 bridgehead atoms. The average Bonchev–Trinajstić information content (AvgIpc) is 2.85. The Hall–Kier alpha value is -2.28. The summed E-state index contributed by atoms with van der Waals surface area (Å²) in [7, 11) is 0. The van der Waals surface area contributed by atoms with Crippen molar-refractivity contribution in [1.29, 1.82) is 0 Å². The second-order valence-electron chi connectivity index (χ2n) is 4.88. The lowest BCUT2D eigenvalue weighted by Gasteiger charge is -2.32. The number of nitrogens with zero attached hydrogens (tertiary/aromatic N) is 3. The molecule has 0 saturated carbocycles. The van der Waals surface area contributed by atoms with E-state index >= 15 is 0 Å². The van der Waals surface area contributed by atoms with Crippen LogP contribution >= 0.6 is 11.6 Å². The maximum absolute atomic E-state index is 12.0. The summed E-state index contributed by atoms with van der Waals surface area (Å²) in [4.78, 5) is 32.8. The Morgan fingerprint density at radius 1 is 1.48 bits per heavy atom. The largest absolute Gasteiger partial charge is 0.465 e. The number of piperazine rings is 1. The normalized spacial score (nSPS) is 15.8. The zero-order valence-electron chi connectivity index (χ0n) is 11.0. The molecule has 1 aliphatic heterocycles. The third-order valence-electron chi connectivity index (χ3n) is 3.51. The van der Waals surface area contributed by atoms with Crippen LogP contribution in [-0.2, 0) is 11.3 Å². The maximum Gasteiger partial charge on any atom is 0.407 e. The Morgan fingerprint density at radius 3 is 2.95 bits per heavy atom. The molecule has 1 saturated heterocycles. The molecule has 7 nitrogen and oxygen atoms in total. The number of aromatic nitrogens is 2. The van der Waals surface area contributed by atoms with E-state index in [1.54, 1.807) is 11.1 Å². The number of carbonyl (C=O) groups excluding carboxylic acids is 1. The van der Waals surface area contributed by atoms with Crippen molar-refractivity contribution < 1.29 is 14.7 Å². The molecule has 3 rings (SSSR count). The molecule has 0 aliphatic carbocycles. The zero-order chi connectivity index (χ0) is 15.0. The SMILES string of the molecule is O=C(O)N1CCN(Cc2cc3c(Cl)nccc3[nH]2)C(=O)C1. The van der Waals surface area contributed by atoms with E-state index < -0.39 is 6.09 Å². The second kappa shape index (κ2) is 5.25. The lowest BCUT2D eigenvalue weighted by atomic mass is 10.2. The van der Waals surface area contributed by atoms with Gasteiger partial charge >= 0.3 is 6.09 Å². The predicted octanol–water partition coefficient (Wildman–Crippen LogP) is 1.54. The first-order valence-electron chi connectivity index (χ1n) is 6.42. The van der Waals surface area contributed by atoms with E-state index in [-0.39, 0.29) is 12.5 Å². The van der Waals surface area contributed by atoms with Gasteiger partial charge in [0, 0.05) is 30.4 Å². The molecule has 0 spiro atoms. The Labute approximate surface area is 125 Å². The van der Waals surface area contributed by atoms with Crippen LogP contribution in [-0.4, -0.2) is 56.5 Å². The average molecular weight is 309 g/mol. The number of aromatic amines is 1. The number of fused-ring (bicyclic) bond motifs is 1. The maximum atomic E-state index is 12.0. The van der Waals surface area contributed by atoms with E-state index in [0.717, 1.165) is 21.5 Å². The molecular weight excluding hydrogens is 296 g/mol. The van der Waals surface area contributed by atoms with E-state index in [2.05, 4.69) is 9.97 Å². The standard InChI is InChI=1S/C13H13ClN4O3/c14-12-9-5-8(16-10(9)1-2-15-12)6-17-3-4-18(13(20)21)7-11(17)19/h1-2,5,16H,3-4,6-7H2,(H,20,21). The fourth-order valence-electron chi connectivity index (χ4n) is 2.41. The summed E-state index contributed by atoms with van der Waals surface area (Å²) in [6.07, 6.45) is 0.549. The first-order chi connectivity index (χ1) is 10.0. The van der Waals surface area contributed by atoms with Crippen molar-refractivity contribution in [1.82, 2.24) is 19.8 Å². The molecule has 1 aliphatic rings. The van der Waals surface area contributed by atoms with E-state index in [1.165, 1.54) is 0 Å². The van der Waals surface area contributed by atoms with Crippen LogP contribution in [0.4, 0.5) is 4.79 Å². The zero-order valence-corrected chi connectivity index (χ0v) is 11.8. The molecule has 21 heavy (non-hydrogen) atoms. The summed E-state index contributed by atoms with van der Waals surface area (Å²) in [6.45, 7) is 1.01. The summed E-state index contributed by atoms with van der Waals surface area (Å²) in [5, 5.41) is 10.1. The molecule has 0 unspecified atom stereocenters. The van der Waals surface area contributed by atoms with E-state index in [1.807, 2.05) is 12.1 Å². The number of nitrogens with one attached hydrogen (secondary N) is 1. The summed E-state index contributed by atoms with van der Waals surface area (Å²) in [5.41, 5.74) is 1.71. The summed E-state index contributed by atoms with van der Waals surface area (Å²) >= 11 is 6.01. The van der Waals surface area contributed by atoms with Gasteiger partial charge in [0.05, 0.1) is 12.1 Å². The summed E-state index contributed by atoms with van der Waals surface area (Å²) in [6, 6.07) is 3.68. The molecule has 8 heteroatoms. The first-order valence-corrected chi connectivity index (χ1v) is 6.80. The third-order valence-corrected chi connectivity index (χ3v) is 3.81. The number of carboxylic acid groups (broad SMARTS) is 1. The highest BCUT2D eigenvalue weighted by Gasteiger charge is 2.27. The topological polar surface area (TPSA) is 89.5 Å². The van der Waals surface area contributed by atoms with Crippen molar-refractivity contribution in [2.75, 3.05) is 19.6 Å². The summed E-state index contributed by atoms with van der Waals surface area (Å²) in [5.74, 6) is -0.202. The minimum Gasteiger partial charge on any atom is -0.465 e. The Kier molecular flexibility index (Phi) is 3.42. The van der Waals surface area contributed by atoms with Crippen LogP contribution in [0, 0.1) is 0 Å². The van der Waals surface area contributed by atoms with Gasteiger partial charge in [-0.1, -0.05) is 11.6 Å². The minimum absolute atomic E-state index is 0.0993. The smallest absolute Gasteiger partial charge is 0.407 e. The number of pyridine rings is 1. The monoisotopic (exact) mass is 308 g/mol. The molecule has 3 heterocycles. The number of hydrogen-bond acceptors (Lipinski definition) is 3. The second-order valence-corrected chi connectivity index (χ2v) is 5.24. The highest BCUT2D eigenvalue weighted by molar-refractivity contribution is 6.34. The molecule has 0 atom stereocenters. The van der Waals surface area contributed by atoms with Gasteiger partial charge in [-0.15, -0.1) is 0 Å². The van der Waals surface area contributed by atoms with E-state index in [9.17, 15) is 9.59 Å². The van der Waals surface area contributed by atoms with Gasteiger partial charge in [-0.3, -0.25) is 9.69 Å². The predicted molar refractivity (Wildman–Crippen MR) is 76.1 cm³/mol. The third kappa shape index (κ3) is 2.64. The van der Waals surface area contributed by atoms with E-state index in [4.69, 9.17) is 16.7 Å². The van der Waals surface area contributed by atoms with Crippen LogP contribution in [0.2, 0.25) is 5.15 Å². The lowest BCUT2D eigenvalue weighted by molar-refractivity contribution is -0.135. The van der Waals surface area contributed by atoms with Gasteiger partial charge in [-0.2, -0.15) is 0 Å². The van der Waals surface area contributed by atoms with Crippen LogP contribution in [0.3, 0.4) is 0 Å². The van der Waals surface area contributed by atoms with Gasteiger partial charge in [-0.25, -0.2) is 9.78 Å². The number of hydrogen-bond donors (Lipinski definition) is 2. The highest BCUT2D eigenvalue weighted by atomic mass is 35.5. The van der Waals surface area contributed by atoms with Crippen molar-refractivity contribution in [3.8, 4) is 0 Å². The van der Waals surface area contributed by atoms with Gasteiger partial charge in [-0.05, 0) is 12.1 Å². The van der Waals surface area contributed by atoms with Crippen molar-refractivity contribution in [3.05, 3.63) is 29.2 Å². The van der Waals surface area contributed by atoms with Gasteiger partial charge in [0.15, 0.2) is 0 Å². The Bertz CT molecular complexity index is 715. The summed E-state index contributed by atoms with van der Waals surface area (Å²) < 4.78 is 0. The molecular formula is C13H13ClN4O3. The number of carbonyl (C=O) groups is 2. The van der Waals surface area contributed by atoms with Crippen LogP contribution < -0.4 is 0 Å². The van der Waals surface area contributed by atoms with Crippen LogP contribution in [0.1, 0.15) is 5.69 Å². The van der Waals surface area contributed by atoms with Gasteiger partial charge in [0.2, 0.25) is 5.91 Å². The molecule has 110 valence electrons. The van der Waals surface area contributed by atoms with Crippen molar-refractivity contribution in [2.24, 2.45) is 0 Å². The fraction of sp³-hybridized carbons (Fsp3) is 0.308. The van der Waals surface area contributed by atoms with E-state index in [0.29, 0.717) is 24.8 Å². The molecule has 2 aromatic rings. The Morgan fingerprint density at radius 2 is 2.29 bits per heavy atom. The Balaban J connectivity index is 1.75. The van der Waals surface area contributed by atoms with Crippen molar-refractivity contribution in [3.63, 3.8) is 0 Å². The number of halogens is 1. The molecule has 2 aromatic heterocycles. The van der Waals surface area contributed by atoms with Crippen LogP contribution in [0.15, 0.2) is 18.3 Å².